The molecule has 2 aliphatic rings. The van der Waals surface area contributed by atoms with Gasteiger partial charge in [0.1, 0.15) is 0 Å². The maximum Gasteiger partial charge on any atom is 0.409 e. The Kier molecular flexibility index (Phi) is 8.30. The van der Waals surface area contributed by atoms with Crippen LogP contribution in [0.1, 0.15) is 51.1 Å². The number of nitrogens with zero attached hydrogens (tertiary/aromatic N) is 3. The summed E-state index contributed by atoms with van der Waals surface area (Å²) in [6.45, 7) is 3.86. The fraction of sp³-hybridized carbons (Fsp3) is 0.700. The molecule has 3 rings (SSSR count). The molecule has 1 saturated heterocycles. The van der Waals surface area contributed by atoms with Crippen LogP contribution in [0.15, 0.2) is 5.38 Å². The molecular weight excluding hydrogens is 406 g/mol. The number of amides is 4. The highest BCUT2D eigenvalue weighted by Crippen LogP contribution is 2.19. The molecule has 2 N–H and O–H groups in total. The fourth-order valence-corrected chi connectivity index (χ4v) is 4.49. The lowest BCUT2D eigenvalue weighted by Gasteiger charge is -2.33. The summed E-state index contributed by atoms with van der Waals surface area (Å²) >= 11 is 1.31. The zero-order valence-electron chi connectivity index (χ0n) is 17.5. The van der Waals surface area contributed by atoms with E-state index < -0.39 is 0 Å². The number of carbonyl (C=O) groups excluding carboxylic acids is 3. The fourth-order valence-electron chi connectivity index (χ4n) is 3.79. The molecule has 30 heavy (non-hydrogen) atoms. The Morgan fingerprint density at radius 1 is 1.10 bits per heavy atom. The number of ether oxygens (including phenoxy) is 1. The molecule has 10 heteroatoms. The Morgan fingerprint density at radius 3 is 2.43 bits per heavy atom. The lowest BCUT2D eigenvalue weighted by Crippen LogP contribution is -2.51. The van der Waals surface area contributed by atoms with Crippen molar-refractivity contribution in [1.29, 1.82) is 0 Å². The minimum atomic E-state index is -0.343. The molecule has 0 unspecified atom stereocenters. The molecule has 1 aromatic heterocycles. The van der Waals surface area contributed by atoms with Gasteiger partial charge in [-0.3, -0.25) is 10.1 Å². The maximum absolute atomic E-state index is 12.5. The molecule has 0 spiro atoms. The number of hydrogen-bond acceptors (Lipinski definition) is 6. The second-order valence-electron chi connectivity index (χ2n) is 7.68. The number of rotatable bonds is 5. The smallest absolute Gasteiger partial charge is 0.409 e. The molecule has 1 aliphatic heterocycles. The lowest BCUT2D eigenvalue weighted by atomic mass is 10.1. The first-order valence-electron chi connectivity index (χ1n) is 10.8. The quantitative estimate of drug-likeness (QED) is 0.690. The molecule has 4 amide bonds. The van der Waals surface area contributed by atoms with Gasteiger partial charge in [0.15, 0.2) is 5.13 Å². The van der Waals surface area contributed by atoms with Crippen LogP contribution in [0.2, 0.25) is 0 Å². The van der Waals surface area contributed by atoms with Gasteiger partial charge < -0.3 is 19.9 Å². The highest BCUT2D eigenvalue weighted by Gasteiger charge is 2.25. The average molecular weight is 438 g/mol. The van der Waals surface area contributed by atoms with E-state index in [1.807, 2.05) is 0 Å². The normalized spacial score (nSPS) is 17.9. The van der Waals surface area contributed by atoms with Gasteiger partial charge in [-0.25, -0.2) is 14.6 Å². The first-order chi connectivity index (χ1) is 14.5. The third kappa shape index (κ3) is 6.58. The van der Waals surface area contributed by atoms with E-state index in [9.17, 15) is 14.4 Å². The highest BCUT2D eigenvalue weighted by atomic mass is 32.1. The zero-order chi connectivity index (χ0) is 21.3. The molecular formula is C20H31N5O4S. The molecule has 2 heterocycles. The third-order valence-electron chi connectivity index (χ3n) is 5.42. The van der Waals surface area contributed by atoms with Gasteiger partial charge in [-0.1, -0.05) is 25.7 Å². The van der Waals surface area contributed by atoms with E-state index in [2.05, 4.69) is 15.6 Å². The van der Waals surface area contributed by atoms with Crippen molar-refractivity contribution in [2.75, 3.05) is 38.1 Å². The minimum Gasteiger partial charge on any atom is -0.450 e. The summed E-state index contributed by atoms with van der Waals surface area (Å²) in [5.41, 5.74) is 0.661. The van der Waals surface area contributed by atoms with Gasteiger partial charge in [-0.05, 0) is 19.8 Å². The van der Waals surface area contributed by atoms with E-state index in [0.29, 0.717) is 43.6 Å². The van der Waals surface area contributed by atoms with Crippen molar-refractivity contribution >= 4 is 34.5 Å². The summed E-state index contributed by atoms with van der Waals surface area (Å²) < 4.78 is 4.99. The second kappa shape index (κ2) is 11.1. The summed E-state index contributed by atoms with van der Waals surface area (Å²) in [7, 11) is 0. The monoisotopic (exact) mass is 437 g/mol. The van der Waals surface area contributed by atoms with Gasteiger partial charge in [0.05, 0.1) is 18.7 Å². The van der Waals surface area contributed by atoms with Crippen LogP contribution >= 0.6 is 11.3 Å². The van der Waals surface area contributed by atoms with Crippen molar-refractivity contribution in [2.24, 2.45) is 0 Å². The van der Waals surface area contributed by atoms with Crippen molar-refractivity contribution in [3.8, 4) is 0 Å². The SMILES string of the molecule is CCOC(=O)N1CCN(C(=O)Nc2nc(CC(=O)NC3CCCCCC3)cs2)CC1. The van der Waals surface area contributed by atoms with Crippen molar-refractivity contribution in [3.63, 3.8) is 0 Å². The minimum absolute atomic E-state index is 0.0137. The van der Waals surface area contributed by atoms with E-state index in [1.165, 1.54) is 37.0 Å². The van der Waals surface area contributed by atoms with Crippen LogP contribution in [0.4, 0.5) is 14.7 Å². The molecule has 1 aliphatic carbocycles. The number of aromatic nitrogens is 1. The van der Waals surface area contributed by atoms with E-state index in [0.717, 1.165) is 12.8 Å². The van der Waals surface area contributed by atoms with Crippen molar-refractivity contribution in [1.82, 2.24) is 20.1 Å². The number of carbonyl (C=O) groups is 3. The van der Waals surface area contributed by atoms with Gasteiger partial charge in [-0.2, -0.15) is 0 Å². The molecule has 1 aromatic rings. The Hall–Kier alpha value is -2.36. The summed E-state index contributed by atoms with van der Waals surface area (Å²) in [4.78, 5) is 44.2. The number of anilines is 1. The van der Waals surface area contributed by atoms with Crippen molar-refractivity contribution < 1.29 is 19.1 Å². The number of thiazole rings is 1. The Bertz CT molecular complexity index is 725. The predicted octanol–water partition coefficient (Wildman–Crippen LogP) is 2.83. The van der Waals surface area contributed by atoms with E-state index in [-0.39, 0.29) is 30.5 Å². The number of piperazine rings is 1. The number of urea groups is 1. The Morgan fingerprint density at radius 2 is 1.77 bits per heavy atom. The van der Waals surface area contributed by atoms with Gasteiger partial charge in [0.2, 0.25) is 5.91 Å². The second-order valence-corrected chi connectivity index (χ2v) is 8.54. The van der Waals surface area contributed by atoms with Crippen LogP contribution < -0.4 is 10.6 Å². The van der Waals surface area contributed by atoms with E-state index in [1.54, 1.807) is 22.1 Å². The predicted molar refractivity (Wildman–Crippen MR) is 115 cm³/mol. The molecule has 0 atom stereocenters. The summed E-state index contributed by atoms with van der Waals surface area (Å²) in [5, 5.41) is 8.19. The van der Waals surface area contributed by atoms with Crippen LogP contribution in [0, 0.1) is 0 Å². The average Bonchev–Trinajstić information content (AvgIpc) is 3.00. The summed E-state index contributed by atoms with van der Waals surface area (Å²) in [6, 6.07) is 0.0217. The van der Waals surface area contributed by atoms with Gasteiger partial charge in [-0.15, -0.1) is 11.3 Å². The summed E-state index contributed by atoms with van der Waals surface area (Å²) in [6.07, 6.45) is 6.82. The first-order valence-corrected chi connectivity index (χ1v) is 11.6. The maximum atomic E-state index is 12.5. The number of hydrogen-bond donors (Lipinski definition) is 2. The molecule has 0 radical (unpaired) electrons. The van der Waals surface area contributed by atoms with Crippen LogP contribution in [-0.2, 0) is 16.0 Å². The van der Waals surface area contributed by atoms with Crippen LogP contribution in [-0.4, -0.2) is 71.6 Å². The van der Waals surface area contributed by atoms with Crippen LogP contribution in [0.5, 0.6) is 0 Å². The van der Waals surface area contributed by atoms with Crippen LogP contribution in [0.3, 0.4) is 0 Å². The molecule has 0 bridgehead atoms. The standard InChI is InChI=1S/C20H31N5O4S/c1-2-29-20(28)25-11-9-24(10-12-25)19(27)23-18-22-16(14-30-18)13-17(26)21-15-7-5-3-4-6-8-15/h14-15H,2-13H2,1H3,(H,21,26)(H,22,23,27). The van der Waals surface area contributed by atoms with Gasteiger partial charge in [0.25, 0.3) is 0 Å². The molecule has 1 saturated carbocycles. The first kappa shape index (κ1) is 22.3. The van der Waals surface area contributed by atoms with Crippen molar-refractivity contribution in [2.45, 2.75) is 57.9 Å². The Balaban J connectivity index is 1.42. The topological polar surface area (TPSA) is 104 Å². The molecule has 9 nitrogen and oxygen atoms in total. The van der Waals surface area contributed by atoms with Crippen LogP contribution in [0.25, 0.3) is 0 Å². The lowest BCUT2D eigenvalue weighted by molar-refractivity contribution is -0.121. The zero-order valence-corrected chi connectivity index (χ0v) is 18.3. The molecule has 166 valence electrons. The van der Waals surface area contributed by atoms with Gasteiger partial charge in [0, 0.05) is 37.6 Å². The van der Waals surface area contributed by atoms with E-state index >= 15 is 0 Å². The molecule has 2 fully saturated rings. The highest BCUT2D eigenvalue weighted by molar-refractivity contribution is 7.13. The summed E-state index contributed by atoms with van der Waals surface area (Å²) in [5.74, 6) is -0.0137. The largest absolute Gasteiger partial charge is 0.450 e. The third-order valence-corrected chi connectivity index (χ3v) is 6.23. The molecule has 0 aromatic carbocycles. The van der Waals surface area contributed by atoms with Gasteiger partial charge >= 0.3 is 12.1 Å². The number of nitrogens with one attached hydrogen (secondary N) is 2. The Labute approximate surface area is 181 Å². The van der Waals surface area contributed by atoms with Crippen molar-refractivity contribution in [3.05, 3.63) is 11.1 Å². The van der Waals surface area contributed by atoms with E-state index in [4.69, 9.17) is 4.74 Å².